The van der Waals surface area contributed by atoms with E-state index in [1.807, 2.05) is 6.07 Å². The lowest BCUT2D eigenvalue weighted by molar-refractivity contribution is 0.284. The summed E-state index contributed by atoms with van der Waals surface area (Å²) in [6, 6.07) is 8.85. The van der Waals surface area contributed by atoms with Crippen molar-refractivity contribution in [3.63, 3.8) is 0 Å². The van der Waals surface area contributed by atoms with Crippen LogP contribution in [0, 0.1) is 0 Å². The van der Waals surface area contributed by atoms with E-state index in [9.17, 15) is 0 Å². The van der Waals surface area contributed by atoms with E-state index in [0.29, 0.717) is 6.04 Å². The minimum Gasteiger partial charge on any atom is -0.493 e. The van der Waals surface area contributed by atoms with E-state index in [1.165, 1.54) is 5.56 Å². The average Bonchev–Trinajstić information content (AvgIpc) is 2.28. The molecule has 0 spiro atoms. The molecule has 0 radical (unpaired) electrons. The Morgan fingerprint density at radius 2 is 1.89 bits per heavy atom. The SMILES string of the molecule is CCNC(C)CCOc1ccccc1C(C)(C)C. The van der Waals surface area contributed by atoms with Crippen molar-refractivity contribution in [2.24, 2.45) is 0 Å². The van der Waals surface area contributed by atoms with E-state index in [2.05, 4.69) is 58.1 Å². The zero-order valence-electron chi connectivity index (χ0n) is 12.4. The Morgan fingerprint density at radius 1 is 1.22 bits per heavy atom. The molecular weight excluding hydrogens is 222 g/mol. The maximum absolute atomic E-state index is 5.94. The number of para-hydroxylation sites is 1. The van der Waals surface area contributed by atoms with E-state index in [0.717, 1.165) is 25.3 Å². The first-order valence-electron chi connectivity index (χ1n) is 6.91. The number of benzene rings is 1. The summed E-state index contributed by atoms with van der Waals surface area (Å²) in [6.45, 7) is 12.8. The maximum Gasteiger partial charge on any atom is 0.123 e. The summed E-state index contributed by atoms with van der Waals surface area (Å²) in [5.41, 5.74) is 1.41. The van der Waals surface area contributed by atoms with E-state index in [1.54, 1.807) is 0 Å². The van der Waals surface area contributed by atoms with Crippen LogP contribution in [0.25, 0.3) is 0 Å². The molecule has 102 valence electrons. The Labute approximate surface area is 112 Å². The average molecular weight is 249 g/mol. The van der Waals surface area contributed by atoms with Crippen LogP contribution in [0.3, 0.4) is 0 Å². The van der Waals surface area contributed by atoms with Gasteiger partial charge in [-0.15, -0.1) is 0 Å². The van der Waals surface area contributed by atoms with Crippen LogP contribution in [-0.2, 0) is 5.41 Å². The summed E-state index contributed by atoms with van der Waals surface area (Å²) in [4.78, 5) is 0. The molecule has 2 heteroatoms. The highest BCUT2D eigenvalue weighted by Gasteiger charge is 2.18. The van der Waals surface area contributed by atoms with Crippen molar-refractivity contribution in [1.82, 2.24) is 5.32 Å². The Morgan fingerprint density at radius 3 is 2.50 bits per heavy atom. The van der Waals surface area contributed by atoms with Crippen LogP contribution in [0.4, 0.5) is 0 Å². The Bertz CT molecular complexity index is 354. The summed E-state index contributed by atoms with van der Waals surface area (Å²) in [7, 11) is 0. The van der Waals surface area contributed by atoms with Gasteiger partial charge in [-0.1, -0.05) is 45.9 Å². The third-order valence-corrected chi connectivity index (χ3v) is 3.06. The molecule has 1 aromatic rings. The molecule has 1 unspecified atom stereocenters. The highest BCUT2D eigenvalue weighted by atomic mass is 16.5. The van der Waals surface area contributed by atoms with Gasteiger partial charge in [-0.3, -0.25) is 0 Å². The lowest BCUT2D eigenvalue weighted by atomic mass is 9.86. The van der Waals surface area contributed by atoms with Crippen molar-refractivity contribution in [3.05, 3.63) is 29.8 Å². The number of nitrogens with one attached hydrogen (secondary N) is 1. The molecule has 0 amide bonds. The Kier molecular flexibility index (Phi) is 5.67. The molecule has 1 N–H and O–H groups in total. The van der Waals surface area contributed by atoms with Gasteiger partial charge in [-0.2, -0.15) is 0 Å². The van der Waals surface area contributed by atoms with Gasteiger partial charge in [-0.25, -0.2) is 0 Å². The molecule has 0 aromatic heterocycles. The molecule has 0 heterocycles. The molecule has 0 saturated heterocycles. The van der Waals surface area contributed by atoms with Crippen molar-refractivity contribution in [3.8, 4) is 5.75 Å². The molecule has 2 nitrogen and oxygen atoms in total. The van der Waals surface area contributed by atoms with Gasteiger partial charge in [0.15, 0.2) is 0 Å². The van der Waals surface area contributed by atoms with Crippen molar-refractivity contribution in [1.29, 1.82) is 0 Å². The minimum absolute atomic E-state index is 0.129. The third-order valence-electron chi connectivity index (χ3n) is 3.06. The minimum atomic E-state index is 0.129. The van der Waals surface area contributed by atoms with Gasteiger partial charge in [0.2, 0.25) is 0 Å². The van der Waals surface area contributed by atoms with Crippen molar-refractivity contribution < 1.29 is 4.74 Å². The zero-order valence-corrected chi connectivity index (χ0v) is 12.4. The predicted molar refractivity (Wildman–Crippen MR) is 78.4 cm³/mol. The van der Waals surface area contributed by atoms with Crippen molar-refractivity contribution >= 4 is 0 Å². The predicted octanol–water partition coefficient (Wildman–Crippen LogP) is 3.75. The second-order valence-corrected chi connectivity index (χ2v) is 5.84. The Hall–Kier alpha value is -1.02. The van der Waals surface area contributed by atoms with Gasteiger partial charge in [-0.05, 0) is 36.9 Å². The van der Waals surface area contributed by atoms with Crippen LogP contribution in [0.1, 0.15) is 46.6 Å². The van der Waals surface area contributed by atoms with Crippen LogP contribution in [0.5, 0.6) is 5.75 Å². The summed E-state index contributed by atoms with van der Waals surface area (Å²) in [6.07, 6.45) is 1.03. The number of hydrogen-bond donors (Lipinski definition) is 1. The highest BCUT2D eigenvalue weighted by Crippen LogP contribution is 2.30. The van der Waals surface area contributed by atoms with Crippen LogP contribution in [-0.4, -0.2) is 19.2 Å². The molecule has 0 saturated carbocycles. The lowest BCUT2D eigenvalue weighted by Gasteiger charge is -2.23. The van der Waals surface area contributed by atoms with E-state index >= 15 is 0 Å². The first kappa shape index (κ1) is 15.0. The number of hydrogen-bond acceptors (Lipinski definition) is 2. The van der Waals surface area contributed by atoms with Crippen LogP contribution in [0.2, 0.25) is 0 Å². The molecule has 1 rings (SSSR count). The highest BCUT2D eigenvalue weighted by molar-refractivity contribution is 5.38. The Balaban J connectivity index is 2.57. The molecule has 0 aliphatic carbocycles. The van der Waals surface area contributed by atoms with Gasteiger partial charge in [0, 0.05) is 6.04 Å². The fraction of sp³-hybridized carbons (Fsp3) is 0.625. The number of ether oxygens (including phenoxy) is 1. The van der Waals surface area contributed by atoms with Crippen LogP contribution < -0.4 is 10.1 Å². The maximum atomic E-state index is 5.94. The summed E-state index contributed by atoms with van der Waals surface area (Å²) < 4.78 is 5.94. The summed E-state index contributed by atoms with van der Waals surface area (Å²) in [5, 5.41) is 3.40. The second-order valence-electron chi connectivity index (χ2n) is 5.84. The fourth-order valence-electron chi connectivity index (χ4n) is 2.01. The molecule has 0 aliphatic heterocycles. The first-order chi connectivity index (χ1) is 8.45. The monoisotopic (exact) mass is 249 g/mol. The molecular formula is C16H27NO. The third kappa shape index (κ3) is 4.69. The molecule has 0 bridgehead atoms. The van der Waals surface area contributed by atoms with Crippen LogP contribution in [0.15, 0.2) is 24.3 Å². The van der Waals surface area contributed by atoms with Gasteiger partial charge >= 0.3 is 0 Å². The fourth-order valence-corrected chi connectivity index (χ4v) is 2.01. The van der Waals surface area contributed by atoms with Crippen molar-refractivity contribution in [2.75, 3.05) is 13.2 Å². The van der Waals surface area contributed by atoms with Gasteiger partial charge < -0.3 is 10.1 Å². The molecule has 0 fully saturated rings. The van der Waals surface area contributed by atoms with Gasteiger partial charge in [0.05, 0.1) is 6.61 Å². The normalized spacial score (nSPS) is 13.4. The first-order valence-corrected chi connectivity index (χ1v) is 6.91. The molecule has 1 atom stereocenters. The topological polar surface area (TPSA) is 21.3 Å². The lowest BCUT2D eigenvalue weighted by Crippen LogP contribution is -2.27. The van der Waals surface area contributed by atoms with E-state index < -0.39 is 0 Å². The zero-order chi connectivity index (χ0) is 13.6. The summed E-state index contributed by atoms with van der Waals surface area (Å²) >= 11 is 0. The molecule has 0 aliphatic rings. The van der Waals surface area contributed by atoms with Crippen LogP contribution >= 0.6 is 0 Å². The van der Waals surface area contributed by atoms with Gasteiger partial charge in [0.25, 0.3) is 0 Å². The quantitative estimate of drug-likeness (QED) is 0.829. The largest absolute Gasteiger partial charge is 0.493 e. The van der Waals surface area contributed by atoms with Gasteiger partial charge in [0.1, 0.15) is 5.75 Å². The molecule has 18 heavy (non-hydrogen) atoms. The van der Waals surface area contributed by atoms with Crippen molar-refractivity contribution in [2.45, 2.75) is 52.5 Å². The van der Waals surface area contributed by atoms with E-state index in [-0.39, 0.29) is 5.41 Å². The number of rotatable bonds is 6. The second kappa shape index (κ2) is 6.79. The van der Waals surface area contributed by atoms with E-state index in [4.69, 9.17) is 4.74 Å². The summed E-state index contributed by atoms with van der Waals surface area (Å²) in [5.74, 6) is 1.02. The molecule has 1 aromatic carbocycles. The smallest absolute Gasteiger partial charge is 0.123 e. The standard InChI is InChI=1S/C16H27NO/c1-6-17-13(2)11-12-18-15-10-8-7-9-14(15)16(3,4)5/h7-10,13,17H,6,11-12H2,1-5H3.